The van der Waals surface area contributed by atoms with Crippen molar-refractivity contribution in [3.8, 4) is 0 Å². The van der Waals surface area contributed by atoms with Gasteiger partial charge in [-0.15, -0.1) is 11.3 Å². The van der Waals surface area contributed by atoms with Crippen LogP contribution in [0.4, 0.5) is 0 Å². The van der Waals surface area contributed by atoms with Crippen LogP contribution in [0.2, 0.25) is 0 Å². The first-order chi connectivity index (χ1) is 12.6. The Bertz CT molecular complexity index is 1030. The van der Waals surface area contributed by atoms with Gasteiger partial charge in [0.25, 0.3) is 5.56 Å². The Kier molecular flexibility index (Phi) is 5.42. The van der Waals surface area contributed by atoms with Crippen LogP contribution in [0.1, 0.15) is 25.1 Å². The molecule has 3 heterocycles. The van der Waals surface area contributed by atoms with Gasteiger partial charge in [-0.25, -0.2) is 13.4 Å². The minimum absolute atomic E-state index is 0.0144. The molecule has 1 fully saturated rings. The summed E-state index contributed by atoms with van der Waals surface area (Å²) < 4.78 is 33.9. The SMILES string of the molecule is COC(=O)Cn1cnc2sc(C)c(S(=O)(=O)N3C[C@H](C)C[C@@H](C)C3)c2c1=O. The second-order valence-electron chi connectivity index (χ2n) is 7.19. The van der Waals surface area contributed by atoms with Crippen LogP contribution in [-0.2, 0) is 26.1 Å². The highest BCUT2D eigenvalue weighted by Crippen LogP contribution is 2.35. The summed E-state index contributed by atoms with van der Waals surface area (Å²) in [6.07, 6.45) is 2.22. The number of hydrogen-bond acceptors (Lipinski definition) is 7. The maximum absolute atomic E-state index is 13.4. The van der Waals surface area contributed by atoms with Crippen LogP contribution in [-0.4, -0.2) is 48.4 Å². The molecule has 0 amide bonds. The van der Waals surface area contributed by atoms with E-state index in [0.717, 1.165) is 11.0 Å². The van der Waals surface area contributed by atoms with E-state index in [4.69, 9.17) is 0 Å². The lowest BCUT2D eigenvalue weighted by molar-refractivity contribution is -0.141. The zero-order valence-corrected chi connectivity index (χ0v) is 17.4. The zero-order valence-electron chi connectivity index (χ0n) is 15.8. The van der Waals surface area contributed by atoms with E-state index < -0.39 is 21.6 Å². The first kappa shape index (κ1) is 20.0. The van der Waals surface area contributed by atoms with Gasteiger partial charge in [-0.3, -0.25) is 14.2 Å². The lowest BCUT2D eigenvalue weighted by Gasteiger charge is -2.34. The molecule has 2 aromatic rings. The number of carbonyl (C=O) groups excluding carboxylic acids is 1. The molecule has 148 valence electrons. The number of rotatable bonds is 4. The standard InChI is InChI=1S/C17H23N3O5S2/c1-10-5-11(2)7-20(6-10)27(23,24)15-12(3)26-16-14(15)17(22)19(9-18-16)8-13(21)25-4/h9-11H,5-8H2,1-4H3/t10-,11-/m1/s1. The Labute approximate surface area is 161 Å². The van der Waals surface area contributed by atoms with Crippen LogP contribution >= 0.6 is 11.3 Å². The van der Waals surface area contributed by atoms with E-state index in [1.165, 1.54) is 29.1 Å². The van der Waals surface area contributed by atoms with Gasteiger partial charge in [0.15, 0.2) is 0 Å². The van der Waals surface area contributed by atoms with Crippen molar-refractivity contribution in [2.75, 3.05) is 20.2 Å². The van der Waals surface area contributed by atoms with Crippen LogP contribution in [0, 0.1) is 18.8 Å². The Morgan fingerprint density at radius 3 is 2.56 bits per heavy atom. The summed E-state index contributed by atoms with van der Waals surface area (Å²) in [4.78, 5) is 29.5. The summed E-state index contributed by atoms with van der Waals surface area (Å²) in [7, 11) is -2.62. The van der Waals surface area contributed by atoms with E-state index in [1.54, 1.807) is 6.92 Å². The Hall–Kier alpha value is -1.78. The predicted molar refractivity (Wildman–Crippen MR) is 102 cm³/mol. The molecule has 0 unspecified atom stereocenters. The van der Waals surface area contributed by atoms with Gasteiger partial charge >= 0.3 is 5.97 Å². The molecule has 2 atom stereocenters. The fraction of sp³-hybridized carbons (Fsp3) is 0.588. The van der Waals surface area contributed by atoms with Crippen molar-refractivity contribution in [3.63, 3.8) is 0 Å². The molecule has 0 bridgehead atoms. The molecule has 0 N–H and O–H groups in total. The molecule has 10 heteroatoms. The molecule has 0 spiro atoms. The minimum atomic E-state index is -3.84. The van der Waals surface area contributed by atoms with Crippen LogP contribution in [0.25, 0.3) is 10.2 Å². The molecule has 1 saturated heterocycles. The number of hydrogen-bond donors (Lipinski definition) is 0. The minimum Gasteiger partial charge on any atom is -0.468 e. The molecular formula is C17H23N3O5S2. The summed E-state index contributed by atoms with van der Waals surface area (Å²) >= 11 is 1.17. The highest BCUT2D eigenvalue weighted by atomic mass is 32.2. The van der Waals surface area contributed by atoms with Gasteiger partial charge in [-0.1, -0.05) is 13.8 Å². The molecule has 3 rings (SSSR count). The molecule has 2 aromatic heterocycles. The molecule has 8 nitrogen and oxygen atoms in total. The Balaban J connectivity index is 2.16. The number of carbonyl (C=O) groups is 1. The number of piperidine rings is 1. The van der Waals surface area contributed by atoms with E-state index in [9.17, 15) is 18.0 Å². The fourth-order valence-electron chi connectivity index (χ4n) is 3.67. The maximum atomic E-state index is 13.4. The molecule has 0 saturated carbocycles. The van der Waals surface area contributed by atoms with Crippen molar-refractivity contribution in [3.05, 3.63) is 21.6 Å². The number of nitrogens with zero attached hydrogens (tertiary/aromatic N) is 3. The molecule has 0 radical (unpaired) electrons. The van der Waals surface area contributed by atoms with E-state index in [0.29, 0.717) is 22.8 Å². The smallest absolute Gasteiger partial charge is 0.325 e. The summed E-state index contributed by atoms with van der Waals surface area (Å²) in [6, 6.07) is 0. The van der Waals surface area contributed by atoms with Crippen molar-refractivity contribution in [1.82, 2.24) is 13.9 Å². The highest BCUT2D eigenvalue weighted by molar-refractivity contribution is 7.89. The number of fused-ring (bicyclic) bond motifs is 1. The molecule has 0 aromatic carbocycles. The van der Waals surface area contributed by atoms with E-state index >= 15 is 0 Å². The number of methoxy groups -OCH3 is 1. The lowest BCUT2D eigenvalue weighted by atomic mass is 9.94. The number of esters is 1. The number of aryl methyl sites for hydroxylation is 1. The van der Waals surface area contributed by atoms with Gasteiger partial charge in [-0.05, 0) is 25.2 Å². The second kappa shape index (κ2) is 7.33. The molecule has 1 aliphatic heterocycles. The monoisotopic (exact) mass is 413 g/mol. The second-order valence-corrected chi connectivity index (χ2v) is 10.3. The van der Waals surface area contributed by atoms with Crippen molar-refractivity contribution >= 4 is 37.5 Å². The summed E-state index contributed by atoms with van der Waals surface area (Å²) in [5.74, 6) is -0.0982. The lowest BCUT2D eigenvalue weighted by Crippen LogP contribution is -2.42. The van der Waals surface area contributed by atoms with Gasteiger partial charge in [0, 0.05) is 18.0 Å². The topological polar surface area (TPSA) is 98.6 Å². The fourth-order valence-corrected chi connectivity index (χ4v) is 7.02. The average molecular weight is 414 g/mol. The third-order valence-electron chi connectivity index (χ3n) is 4.76. The van der Waals surface area contributed by atoms with E-state index in [-0.39, 0.29) is 28.7 Å². The number of thiophene rings is 1. The zero-order chi connectivity index (χ0) is 19.9. The predicted octanol–water partition coefficient (Wildman–Crippen LogP) is 1.61. The highest BCUT2D eigenvalue weighted by Gasteiger charge is 2.35. The average Bonchev–Trinajstić information content (AvgIpc) is 2.94. The quantitative estimate of drug-likeness (QED) is 0.706. The van der Waals surface area contributed by atoms with Crippen molar-refractivity contribution in [1.29, 1.82) is 0 Å². The number of ether oxygens (including phenoxy) is 1. The van der Waals surface area contributed by atoms with Gasteiger partial charge < -0.3 is 4.74 Å². The number of sulfonamides is 1. The van der Waals surface area contributed by atoms with Gasteiger partial charge in [0.1, 0.15) is 16.3 Å². The van der Waals surface area contributed by atoms with Crippen LogP contribution in [0.3, 0.4) is 0 Å². The van der Waals surface area contributed by atoms with Crippen LogP contribution < -0.4 is 5.56 Å². The Morgan fingerprint density at radius 2 is 1.96 bits per heavy atom. The first-order valence-electron chi connectivity index (χ1n) is 8.70. The van der Waals surface area contributed by atoms with Gasteiger partial charge in [-0.2, -0.15) is 4.31 Å². The summed E-state index contributed by atoms with van der Waals surface area (Å²) in [6.45, 7) is 6.29. The van der Waals surface area contributed by atoms with E-state index in [1.807, 2.05) is 13.8 Å². The largest absolute Gasteiger partial charge is 0.468 e. The number of aromatic nitrogens is 2. The van der Waals surface area contributed by atoms with E-state index in [2.05, 4.69) is 9.72 Å². The van der Waals surface area contributed by atoms with Gasteiger partial charge in [0.2, 0.25) is 10.0 Å². The molecule has 0 aliphatic carbocycles. The van der Waals surface area contributed by atoms with Crippen LogP contribution in [0.5, 0.6) is 0 Å². The summed E-state index contributed by atoms with van der Waals surface area (Å²) in [5, 5.41) is 0.0507. The van der Waals surface area contributed by atoms with Crippen molar-refractivity contribution in [2.45, 2.75) is 38.6 Å². The third kappa shape index (κ3) is 3.65. The van der Waals surface area contributed by atoms with Crippen molar-refractivity contribution < 1.29 is 17.9 Å². The molecule has 1 aliphatic rings. The molecular weight excluding hydrogens is 390 g/mol. The van der Waals surface area contributed by atoms with Crippen LogP contribution in [0.15, 0.2) is 16.0 Å². The Morgan fingerprint density at radius 1 is 1.33 bits per heavy atom. The summed E-state index contributed by atoms with van der Waals surface area (Å²) in [5.41, 5.74) is -0.550. The third-order valence-corrected chi connectivity index (χ3v) is 7.91. The maximum Gasteiger partial charge on any atom is 0.325 e. The van der Waals surface area contributed by atoms with Crippen molar-refractivity contribution in [2.24, 2.45) is 11.8 Å². The van der Waals surface area contributed by atoms with Gasteiger partial charge in [0.05, 0.1) is 18.8 Å². The molecule has 27 heavy (non-hydrogen) atoms. The normalized spacial score (nSPS) is 21.5. The first-order valence-corrected chi connectivity index (χ1v) is 11.0.